The van der Waals surface area contributed by atoms with Gasteiger partial charge in [-0.3, -0.25) is 9.59 Å². The van der Waals surface area contributed by atoms with Gasteiger partial charge < -0.3 is 10.4 Å². The minimum Gasteiger partial charge on any atom is -0.396 e. The zero-order valence-corrected chi connectivity index (χ0v) is 18.7. The molecule has 1 unspecified atom stereocenters. The number of hydrogen-bond acceptors (Lipinski definition) is 5. The van der Waals surface area contributed by atoms with E-state index in [1.165, 1.54) is 0 Å². The SMILES string of the molecule is CC(C)C.[B]SCC(CS)C(=O)c1ccc(C(=O)NC(C)(C)CCO)cc1. The second-order valence-corrected chi connectivity index (χ2v) is 8.73. The summed E-state index contributed by atoms with van der Waals surface area (Å²) in [6, 6.07) is 6.55. The summed E-state index contributed by atoms with van der Waals surface area (Å²) >= 11 is 5.31. The number of amides is 1. The van der Waals surface area contributed by atoms with Gasteiger partial charge in [-0.2, -0.15) is 12.6 Å². The summed E-state index contributed by atoms with van der Waals surface area (Å²) in [5, 5.41) is 11.9. The van der Waals surface area contributed by atoms with E-state index in [4.69, 9.17) is 12.2 Å². The summed E-state index contributed by atoms with van der Waals surface area (Å²) < 4.78 is 0. The predicted octanol–water partition coefficient (Wildman–Crippen LogP) is 3.79. The highest BCUT2D eigenvalue weighted by Gasteiger charge is 2.21. The molecule has 1 aromatic rings. The van der Waals surface area contributed by atoms with Gasteiger partial charge in [0.2, 0.25) is 0 Å². The Morgan fingerprint density at radius 2 is 1.67 bits per heavy atom. The van der Waals surface area contributed by atoms with Crippen molar-refractivity contribution < 1.29 is 14.7 Å². The Kier molecular flexibility index (Phi) is 12.8. The third-order valence-electron chi connectivity index (χ3n) is 3.51. The topological polar surface area (TPSA) is 66.4 Å². The van der Waals surface area contributed by atoms with Crippen LogP contribution >= 0.6 is 24.2 Å². The molecule has 7 heteroatoms. The van der Waals surface area contributed by atoms with Gasteiger partial charge in [-0.15, -0.1) is 0 Å². The number of carbonyl (C=O) groups is 2. The largest absolute Gasteiger partial charge is 0.396 e. The van der Waals surface area contributed by atoms with Gasteiger partial charge in [0.15, 0.2) is 12.9 Å². The van der Waals surface area contributed by atoms with E-state index in [1.807, 2.05) is 13.8 Å². The molecular formula is C20H32BNO3S2. The average Bonchev–Trinajstić information content (AvgIpc) is 2.58. The number of nitrogens with one attached hydrogen (secondary N) is 1. The van der Waals surface area contributed by atoms with Crippen molar-refractivity contribution in [2.24, 2.45) is 11.8 Å². The molecule has 2 radical (unpaired) electrons. The number of benzene rings is 1. The molecule has 0 bridgehead atoms. The third kappa shape index (κ3) is 10.9. The fraction of sp³-hybridized carbons (Fsp3) is 0.600. The summed E-state index contributed by atoms with van der Waals surface area (Å²) in [4.78, 5) is 24.5. The number of ketones is 1. The van der Waals surface area contributed by atoms with Gasteiger partial charge in [0.1, 0.15) is 0 Å². The standard InChI is InChI=1S/C16H22BNO3S2.C4H10/c1-16(2,7-8-19)18-15(21)12-5-3-11(4-6-12)14(20)13(9-22)10-23-17;1-4(2)3/h3-6,13,19,22H,7-10H2,1-2H3,(H,18,21);4H,1-3H3. The Bertz CT molecular complexity index is 574. The van der Waals surface area contributed by atoms with E-state index >= 15 is 0 Å². The molecule has 2 N–H and O–H groups in total. The highest BCUT2D eigenvalue weighted by molar-refractivity contribution is 8.19. The van der Waals surface area contributed by atoms with Gasteiger partial charge in [0.05, 0.1) is 0 Å². The van der Waals surface area contributed by atoms with Crippen LogP contribution in [0.25, 0.3) is 0 Å². The van der Waals surface area contributed by atoms with Crippen molar-refractivity contribution in [3.8, 4) is 0 Å². The number of aliphatic hydroxyl groups is 1. The number of thiol groups is 1. The zero-order valence-electron chi connectivity index (χ0n) is 17.0. The minimum atomic E-state index is -0.490. The first-order valence-corrected chi connectivity index (χ1v) is 10.8. The lowest BCUT2D eigenvalue weighted by molar-refractivity contribution is 0.0896. The highest BCUT2D eigenvalue weighted by atomic mass is 32.2. The molecular weight excluding hydrogens is 377 g/mol. The van der Waals surface area contributed by atoms with Crippen molar-refractivity contribution in [3.05, 3.63) is 35.4 Å². The van der Waals surface area contributed by atoms with Crippen LogP contribution in [0.3, 0.4) is 0 Å². The Hall–Kier alpha value is -0.915. The molecule has 150 valence electrons. The van der Waals surface area contributed by atoms with Crippen LogP contribution in [0.1, 0.15) is 61.8 Å². The summed E-state index contributed by atoms with van der Waals surface area (Å²) in [5.74, 6) is 1.29. The van der Waals surface area contributed by atoms with E-state index < -0.39 is 5.54 Å². The lowest BCUT2D eigenvalue weighted by atomic mass is 9.98. The first-order chi connectivity index (χ1) is 12.6. The highest BCUT2D eigenvalue weighted by Crippen LogP contribution is 2.16. The number of carbonyl (C=O) groups excluding carboxylic acids is 2. The normalized spacial score (nSPS) is 12.1. The van der Waals surface area contributed by atoms with E-state index in [1.54, 1.807) is 24.3 Å². The molecule has 0 spiro atoms. The lowest BCUT2D eigenvalue weighted by Crippen LogP contribution is -2.44. The molecule has 0 aromatic heterocycles. The third-order valence-corrected chi connectivity index (χ3v) is 4.54. The van der Waals surface area contributed by atoms with Crippen molar-refractivity contribution in [2.75, 3.05) is 18.1 Å². The first-order valence-electron chi connectivity index (χ1n) is 9.08. The summed E-state index contributed by atoms with van der Waals surface area (Å²) in [5.41, 5.74) is 0.531. The van der Waals surface area contributed by atoms with Gasteiger partial charge in [0.25, 0.3) is 5.91 Å². The van der Waals surface area contributed by atoms with Gasteiger partial charge in [-0.1, -0.05) is 32.9 Å². The molecule has 0 saturated carbocycles. The predicted molar refractivity (Wildman–Crippen MR) is 120 cm³/mol. The molecule has 0 saturated heterocycles. The summed E-state index contributed by atoms with van der Waals surface area (Å²) in [6.07, 6.45) is 0.468. The molecule has 1 amide bonds. The van der Waals surface area contributed by atoms with Crippen LogP contribution in [0.15, 0.2) is 24.3 Å². The molecule has 1 rings (SSSR count). The Morgan fingerprint density at radius 1 is 1.19 bits per heavy atom. The van der Waals surface area contributed by atoms with Crippen molar-refractivity contribution in [3.63, 3.8) is 0 Å². The second-order valence-electron chi connectivity index (χ2n) is 7.70. The Labute approximate surface area is 175 Å². The van der Waals surface area contributed by atoms with E-state index in [0.717, 1.165) is 17.5 Å². The van der Waals surface area contributed by atoms with Gasteiger partial charge in [0, 0.05) is 34.9 Å². The number of hydrogen-bond donors (Lipinski definition) is 3. The van der Waals surface area contributed by atoms with Crippen LogP contribution in [0.4, 0.5) is 0 Å². The van der Waals surface area contributed by atoms with E-state index in [9.17, 15) is 9.59 Å². The van der Waals surface area contributed by atoms with Gasteiger partial charge >= 0.3 is 0 Å². The summed E-state index contributed by atoms with van der Waals surface area (Å²) in [6.45, 7) is 10.2. The van der Waals surface area contributed by atoms with Crippen LogP contribution < -0.4 is 5.32 Å². The van der Waals surface area contributed by atoms with Crippen molar-refractivity contribution >= 4 is 43.1 Å². The average molecular weight is 409 g/mol. The monoisotopic (exact) mass is 409 g/mol. The number of Topliss-reactive ketones (excluding diaryl/α,β-unsaturated/α-hetero) is 1. The fourth-order valence-electron chi connectivity index (χ4n) is 2.07. The molecule has 27 heavy (non-hydrogen) atoms. The van der Waals surface area contributed by atoms with Crippen LogP contribution in [0, 0.1) is 11.8 Å². The van der Waals surface area contributed by atoms with Crippen molar-refractivity contribution in [1.82, 2.24) is 5.32 Å². The molecule has 0 fully saturated rings. The maximum atomic E-state index is 12.3. The number of aliphatic hydroxyl groups excluding tert-OH is 1. The molecule has 0 aliphatic heterocycles. The van der Waals surface area contributed by atoms with Crippen LogP contribution in [-0.4, -0.2) is 47.6 Å². The quantitative estimate of drug-likeness (QED) is 0.330. The maximum absolute atomic E-state index is 12.3. The molecule has 1 aromatic carbocycles. The van der Waals surface area contributed by atoms with E-state index in [2.05, 4.69) is 38.7 Å². The zero-order chi connectivity index (χ0) is 21.0. The Balaban J connectivity index is 0.00000153. The molecule has 4 nitrogen and oxygen atoms in total. The van der Waals surface area contributed by atoms with Crippen LogP contribution in [-0.2, 0) is 0 Å². The molecule has 0 heterocycles. The van der Waals surface area contributed by atoms with Crippen molar-refractivity contribution in [1.29, 1.82) is 0 Å². The maximum Gasteiger partial charge on any atom is 0.251 e. The van der Waals surface area contributed by atoms with E-state index in [0.29, 0.717) is 29.1 Å². The van der Waals surface area contributed by atoms with Crippen molar-refractivity contribution in [2.45, 2.75) is 46.6 Å². The first kappa shape index (κ1) is 26.1. The fourth-order valence-corrected chi connectivity index (χ4v) is 3.04. The molecule has 1 atom stereocenters. The van der Waals surface area contributed by atoms with Gasteiger partial charge in [-0.05, 0) is 44.1 Å². The minimum absolute atomic E-state index is 0.00495. The smallest absolute Gasteiger partial charge is 0.251 e. The van der Waals surface area contributed by atoms with Crippen LogP contribution in [0.2, 0.25) is 0 Å². The van der Waals surface area contributed by atoms with E-state index in [-0.39, 0.29) is 24.2 Å². The summed E-state index contributed by atoms with van der Waals surface area (Å²) in [7, 11) is 5.43. The Morgan fingerprint density at radius 3 is 2.07 bits per heavy atom. The second kappa shape index (κ2) is 13.3. The van der Waals surface area contributed by atoms with Crippen LogP contribution in [0.5, 0.6) is 0 Å². The van der Waals surface area contributed by atoms with Gasteiger partial charge in [-0.25, -0.2) is 11.6 Å². The molecule has 0 aliphatic carbocycles. The molecule has 0 aliphatic rings. The number of rotatable bonds is 9. The lowest BCUT2D eigenvalue weighted by Gasteiger charge is -2.25.